The predicted molar refractivity (Wildman–Crippen MR) is 161 cm³/mol. The Balaban J connectivity index is 1.07. The van der Waals surface area contributed by atoms with E-state index >= 15 is 0 Å². The lowest BCUT2D eigenvalue weighted by Gasteiger charge is -2.33. The Labute approximate surface area is 268 Å². The quantitative estimate of drug-likeness (QED) is 0.214. The van der Waals surface area contributed by atoms with Gasteiger partial charge >= 0.3 is 6.18 Å². The molecule has 5 heterocycles. The topological polar surface area (TPSA) is 85.4 Å². The maximum absolute atomic E-state index is 14.8. The normalized spacial score (nSPS) is 22.3. The van der Waals surface area contributed by atoms with Gasteiger partial charge in [-0.1, -0.05) is 23.7 Å². The molecular weight excluding hydrogens is 626 g/mol. The fraction of sp³-hybridized carbons (Fsp3) is 0.424. The number of nitrogens with zero attached hydrogens (tertiary/aromatic N) is 4. The van der Waals surface area contributed by atoms with Crippen molar-refractivity contribution in [1.82, 2.24) is 25.1 Å². The molecule has 8 nitrogen and oxygen atoms in total. The molecule has 4 aromatic rings. The summed E-state index contributed by atoms with van der Waals surface area (Å²) in [5, 5.41) is 6.09. The average molecular weight is 658 g/mol. The van der Waals surface area contributed by atoms with Gasteiger partial charge in [0.15, 0.2) is 17.3 Å². The maximum atomic E-state index is 14.8. The van der Waals surface area contributed by atoms with E-state index in [0.717, 1.165) is 55.6 Å². The first kappa shape index (κ1) is 30.9. The van der Waals surface area contributed by atoms with Gasteiger partial charge < -0.3 is 14.2 Å². The summed E-state index contributed by atoms with van der Waals surface area (Å²) in [4.78, 5) is 10.7. The van der Waals surface area contributed by atoms with Crippen LogP contribution in [-0.2, 0) is 23.2 Å². The van der Waals surface area contributed by atoms with Gasteiger partial charge in [0.05, 0.1) is 17.9 Å². The van der Waals surface area contributed by atoms with Crippen molar-refractivity contribution in [2.24, 2.45) is 0 Å². The first-order valence-electron chi connectivity index (χ1n) is 15.3. The number of ether oxygens (including phenoxy) is 3. The van der Waals surface area contributed by atoms with Crippen molar-refractivity contribution in [2.75, 3.05) is 26.3 Å². The number of aromatic nitrogens is 4. The monoisotopic (exact) mass is 657 g/mol. The molecule has 2 atom stereocenters. The summed E-state index contributed by atoms with van der Waals surface area (Å²) in [5.74, 6) is -1.48. The molecule has 3 aliphatic rings. The van der Waals surface area contributed by atoms with Gasteiger partial charge in [-0.05, 0) is 80.6 Å². The summed E-state index contributed by atoms with van der Waals surface area (Å²) in [6.45, 7) is 5.13. The van der Waals surface area contributed by atoms with Crippen molar-refractivity contribution in [2.45, 2.75) is 63.0 Å². The molecular formula is C33H32ClF4N5O3. The predicted octanol–water partition coefficient (Wildman–Crippen LogP) is 7.60. The van der Waals surface area contributed by atoms with Crippen LogP contribution in [0.1, 0.15) is 72.7 Å². The lowest BCUT2D eigenvalue weighted by atomic mass is 9.88. The smallest absolute Gasteiger partial charge is 0.444 e. The molecule has 2 aromatic heterocycles. The van der Waals surface area contributed by atoms with Gasteiger partial charge in [-0.2, -0.15) is 18.3 Å². The van der Waals surface area contributed by atoms with E-state index in [-0.39, 0.29) is 23.2 Å². The lowest BCUT2D eigenvalue weighted by Crippen LogP contribution is -2.34. The van der Waals surface area contributed by atoms with Gasteiger partial charge in [-0.3, -0.25) is 15.0 Å². The minimum atomic E-state index is -4.61. The minimum absolute atomic E-state index is 0.0401. The van der Waals surface area contributed by atoms with Crippen LogP contribution in [-0.4, -0.2) is 51.4 Å². The Morgan fingerprint density at radius 3 is 2.59 bits per heavy atom. The molecule has 7 rings (SSSR count). The van der Waals surface area contributed by atoms with Crippen molar-refractivity contribution in [1.29, 1.82) is 0 Å². The van der Waals surface area contributed by atoms with Gasteiger partial charge in [-0.15, -0.1) is 0 Å². The van der Waals surface area contributed by atoms with Crippen molar-refractivity contribution < 1.29 is 31.8 Å². The van der Waals surface area contributed by atoms with Gasteiger partial charge in [0.2, 0.25) is 5.82 Å². The number of piperidine rings is 1. The third kappa shape index (κ3) is 6.05. The van der Waals surface area contributed by atoms with Crippen molar-refractivity contribution in [3.8, 4) is 22.9 Å². The third-order valence-electron chi connectivity index (χ3n) is 9.05. The first-order valence-corrected chi connectivity index (χ1v) is 15.7. The Hall–Kier alpha value is -3.74. The molecule has 0 unspecified atom stereocenters. The third-order valence-corrected chi connectivity index (χ3v) is 9.28. The van der Waals surface area contributed by atoms with Gasteiger partial charge in [0, 0.05) is 48.3 Å². The average Bonchev–Trinajstić information content (AvgIpc) is 3.68. The Bertz CT molecular complexity index is 1740. The Kier molecular flexibility index (Phi) is 8.14. The molecule has 2 saturated heterocycles. The number of para-hydroxylation sites is 1. The maximum Gasteiger partial charge on any atom is 0.451 e. The number of halogens is 5. The van der Waals surface area contributed by atoms with Crippen LogP contribution in [0, 0.1) is 5.82 Å². The lowest BCUT2D eigenvalue weighted by molar-refractivity contribution is -0.144. The number of benzene rings is 2. The highest BCUT2D eigenvalue weighted by Gasteiger charge is 2.43. The van der Waals surface area contributed by atoms with E-state index in [4.69, 9.17) is 30.8 Å². The Morgan fingerprint density at radius 2 is 1.87 bits per heavy atom. The fourth-order valence-electron chi connectivity index (χ4n) is 6.67. The zero-order valence-corrected chi connectivity index (χ0v) is 25.8. The molecule has 0 radical (unpaired) electrons. The van der Waals surface area contributed by atoms with Crippen LogP contribution in [0.15, 0.2) is 48.7 Å². The number of pyridine rings is 1. The zero-order chi connectivity index (χ0) is 32.1. The summed E-state index contributed by atoms with van der Waals surface area (Å²) < 4.78 is 72.5. The molecule has 0 spiro atoms. The van der Waals surface area contributed by atoms with Crippen LogP contribution in [0.25, 0.3) is 11.4 Å². The number of hydrogen-bond donors (Lipinski definition) is 1. The number of nitrogens with one attached hydrogen (secondary N) is 1. The number of hydrogen-bond acceptors (Lipinski definition) is 7. The summed E-state index contributed by atoms with van der Waals surface area (Å²) in [6, 6.07) is 12.1. The number of H-pyrrole nitrogens is 1. The number of fused-ring (bicyclic) bond motifs is 1. The second-order valence-corrected chi connectivity index (χ2v) is 12.6. The van der Waals surface area contributed by atoms with Crippen LogP contribution >= 0.6 is 11.6 Å². The summed E-state index contributed by atoms with van der Waals surface area (Å²) in [7, 11) is 0. The molecule has 3 aliphatic heterocycles. The molecule has 1 N–H and O–H groups in total. The van der Waals surface area contributed by atoms with E-state index in [1.807, 2.05) is 29.4 Å². The van der Waals surface area contributed by atoms with E-state index in [1.54, 1.807) is 25.3 Å². The van der Waals surface area contributed by atoms with Crippen molar-refractivity contribution in [3.05, 3.63) is 87.7 Å². The molecule has 0 aliphatic carbocycles. The van der Waals surface area contributed by atoms with Crippen LogP contribution in [0.3, 0.4) is 0 Å². The minimum Gasteiger partial charge on any atom is -0.444 e. The highest BCUT2D eigenvalue weighted by atomic mass is 35.5. The highest BCUT2D eigenvalue weighted by molar-refractivity contribution is 6.30. The van der Waals surface area contributed by atoms with Crippen LogP contribution in [0.4, 0.5) is 17.6 Å². The summed E-state index contributed by atoms with van der Waals surface area (Å²) in [5.41, 5.74) is 3.57. The zero-order valence-electron chi connectivity index (χ0n) is 25.0. The number of rotatable bonds is 6. The highest BCUT2D eigenvalue weighted by Crippen LogP contribution is 2.50. The van der Waals surface area contributed by atoms with E-state index < -0.39 is 23.6 Å². The van der Waals surface area contributed by atoms with Crippen molar-refractivity contribution >= 4 is 11.6 Å². The summed E-state index contributed by atoms with van der Waals surface area (Å²) >= 11 is 5.97. The first-order chi connectivity index (χ1) is 22.1. The molecule has 0 saturated carbocycles. The second-order valence-electron chi connectivity index (χ2n) is 12.2. The second kappa shape index (κ2) is 12.1. The van der Waals surface area contributed by atoms with Gasteiger partial charge in [-0.25, -0.2) is 9.37 Å². The van der Waals surface area contributed by atoms with Crippen LogP contribution < -0.4 is 9.47 Å². The van der Waals surface area contributed by atoms with Gasteiger partial charge in [0.1, 0.15) is 5.82 Å². The molecule has 2 aromatic carbocycles. The number of likely N-dealkylation sites (tertiary alicyclic amines) is 1. The van der Waals surface area contributed by atoms with E-state index in [0.29, 0.717) is 41.8 Å². The fourth-order valence-corrected chi connectivity index (χ4v) is 6.83. The SMILES string of the molecule is C[C@]1(c2ccc(Cl)cc2F)Oc2cccc(C3CCN(Cc4ncc(-c5n[nH]c(C(F)(F)F)n5)cc4[C@@H]4CCCOC4)CC3)c2O1. The molecule has 0 amide bonds. The number of alkyl halides is 3. The van der Waals surface area contributed by atoms with E-state index in [1.165, 1.54) is 6.07 Å². The molecule has 2 fully saturated rings. The van der Waals surface area contributed by atoms with Gasteiger partial charge in [0.25, 0.3) is 5.79 Å². The summed E-state index contributed by atoms with van der Waals surface area (Å²) in [6.07, 6.45) is 0.464. The molecule has 242 valence electrons. The van der Waals surface area contributed by atoms with Crippen LogP contribution in [0.2, 0.25) is 5.02 Å². The molecule has 13 heteroatoms. The number of aromatic amines is 1. The molecule has 46 heavy (non-hydrogen) atoms. The molecule has 0 bridgehead atoms. The van der Waals surface area contributed by atoms with Crippen LogP contribution in [0.5, 0.6) is 11.5 Å². The standard InChI is InChI=1S/C33H32ClF4N5O3/c1-32(25-8-7-22(34)15-26(25)35)45-28-6-2-5-23(29(28)46-32)19-9-11-43(12-10-19)17-27-24(20-4-3-13-44-18-20)14-21(16-39-27)30-40-31(42-41-30)33(36,37)38/h2,5-8,14-16,19-20H,3-4,9-13,17-18H2,1H3,(H,40,41,42)/t20-,32+/m1/s1. The van der Waals surface area contributed by atoms with E-state index in [9.17, 15) is 17.6 Å². The largest absolute Gasteiger partial charge is 0.451 e. The van der Waals surface area contributed by atoms with Crippen molar-refractivity contribution in [3.63, 3.8) is 0 Å². The Morgan fingerprint density at radius 1 is 1.04 bits per heavy atom. The van der Waals surface area contributed by atoms with E-state index in [2.05, 4.69) is 15.0 Å².